The summed E-state index contributed by atoms with van der Waals surface area (Å²) in [5.74, 6) is 6.84. The third-order valence-electron chi connectivity index (χ3n) is 28.9. The van der Waals surface area contributed by atoms with Gasteiger partial charge >= 0.3 is 5.97 Å². The molecule has 12 heteroatoms. The zero-order valence-electron chi connectivity index (χ0n) is 93.6. The third-order valence-corrected chi connectivity index (χ3v) is 28.9. The van der Waals surface area contributed by atoms with Crippen LogP contribution in [-0.4, -0.2) is 65.9 Å². The second-order valence-corrected chi connectivity index (χ2v) is 51.7. The topological polar surface area (TPSA) is 217 Å². The number of hydrogen-bond acceptors (Lipinski definition) is 11. The molecule has 6 unspecified atom stereocenters. The van der Waals surface area contributed by atoms with Gasteiger partial charge in [0.1, 0.15) is 46.0 Å². The summed E-state index contributed by atoms with van der Waals surface area (Å²) in [5.41, 5.74) is 23.8. The number of carbonyl (C=O) groups is 2. The third kappa shape index (κ3) is 30.8. The Hall–Kier alpha value is -8.90. The van der Waals surface area contributed by atoms with Crippen LogP contribution in [0.25, 0.3) is 0 Å². The molecule has 8 aromatic carbocycles. The Bertz CT molecular complexity index is 5240. The fraction of sp³-hybridized carbons (Fsp3) is 0.603. The fourth-order valence-electron chi connectivity index (χ4n) is 21.1. The van der Waals surface area contributed by atoms with E-state index in [2.05, 4.69) is 341 Å². The lowest BCUT2D eigenvalue weighted by Crippen LogP contribution is -2.27. The van der Waals surface area contributed by atoms with Crippen LogP contribution in [0.2, 0.25) is 0 Å². The van der Waals surface area contributed by atoms with E-state index in [9.17, 15) is 50.4 Å². The van der Waals surface area contributed by atoms with Crippen LogP contribution in [-0.2, 0) is 107 Å². The molecule has 11 rings (SSSR count). The first-order valence-electron chi connectivity index (χ1n) is 52.6. The molecule has 2 bridgehead atoms. The smallest absolute Gasteiger partial charge is 0.306 e. The van der Waals surface area contributed by atoms with E-state index in [1.807, 2.05) is 24.3 Å². The molecule has 1 amide bonds. The summed E-state index contributed by atoms with van der Waals surface area (Å²) >= 11 is 0. The summed E-state index contributed by atoms with van der Waals surface area (Å²) in [4.78, 5) is 24.1. The Kier molecular flexibility index (Phi) is 39.1. The van der Waals surface area contributed by atoms with Gasteiger partial charge < -0.3 is 50.9 Å². The number of unbranched alkanes of at least 4 members (excludes halogenated alkanes) is 6. The van der Waals surface area contributed by atoms with Crippen molar-refractivity contribution in [3.05, 3.63) is 231 Å². The Morgan fingerprint density at radius 1 is 0.312 bits per heavy atom. The van der Waals surface area contributed by atoms with Crippen molar-refractivity contribution in [2.45, 2.75) is 458 Å². The van der Waals surface area contributed by atoms with E-state index in [-0.39, 0.29) is 66.0 Å². The van der Waals surface area contributed by atoms with E-state index in [4.69, 9.17) is 4.74 Å². The number of phenols is 8. The monoisotopic (exact) mass is 1890 g/mol. The maximum absolute atomic E-state index is 12.1. The van der Waals surface area contributed by atoms with Crippen molar-refractivity contribution in [1.29, 1.82) is 0 Å². The molecule has 3 saturated carbocycles. The number of amides is 1. The van der Waals surface area contributed by atoms with E-state index in [1.54, 1.807) is 0 Å². The van der Waals surface area contributed by atoms with Gasteiger partial charge in [-0.05, 0) is 293 Å². The second kappa shape index (κ2) is 46.4. The van der Waals surface area contributed by atoms with Crippen molar-refractivity contribution >= 4 is 11.9 Å². The number of esters is 1. The van der Waals surface area contributed by atoms with Gasteiger partial charge in [-0.25, -0.2) is 0 Å². The van der Waals surface area contributed by atoms with Gasteiger partial charge in [0.25, 0.3) is 0 Å². The number of ether oxygens (including phenoxy) is 1. The molecule has 6 atom stereocenters. The highest BCUT2D eigenvalue weighted by Gasteiger charge is 2.58. The second-order valence-electron chi connectivity index (χ2n) is 51.7. The molecule has 0 spiro atoms. The number of aromatic hydroxyl groups is 8. The molecule has 3 aliphatic carbocycles. The van der Waals surface area contributed by atoms with Crippen LogP contribution in [0.5, 0.6) is 46.0 Å². The molecule has 0 aromatic heterocycles. The van der Waals surface area contributed by atoms with Crippen molar-refractivity contribution in [3.8, 4) is 46.0 Å². The van der Waals surface area contributed by atoms with Crippen LogP contribution < -0.4 is 5.32 Å². The molecule has 9 N–H and O–H groups in total. The normalized spacial score (nSPS) is 16.9. The first kappa shape index (κ1) is 116. The maximum Gasteiger partial charge on any atom is 0.306 e. The lowest BCUT2D eigenvalue weighted by molar-refractivity contribution is -0.143. The average Bonchev–Trinajstić information content (AvgIpc) is 1.56. The van der Waals surface area contributed by atoms with E-state index >= 15 is 0 Å². The molecule has 12 nitrogen and oxygen atoms in total. The Labute approximate surface area is 838 Å². The van der Waals surface area contributed by atoms with Crippen molar-refractivity contribution in [1.82, 2.24) is 5.32 Å². The van der Waals surface area contributed by atoms with Gasteiger partial charge in [-0.2, -0.15) is 0 Å². The highest BCUT2D eigenvalue weighted by molar-refractivity contribution is 5.76. The maximum atomic E-state index is 12.1. The minimum absolute atomic E-state index is 0.0718. The summed E-state index contributed by atoms with van der Waals surface area (Å²) in [6, 6.07) is 33.6. The SMILES string of the molecule is CCCCCCCCOC(=O)CCc1cc(C(C)(C)C)c(O)c(C(C)(C)C)c1.CCCCNC(=O)CCc1cc(C(C)(C)C)c(O)c(C(C)(C)C)c1.CCc1cc(Cc2cc(CC)cc(C(C)(C)C)c2O)c(O)c(C(C)(C)C)c1.Cc1cc(C2CC3CC2C2C(c4cc(C)cc(C(C)(C)C)c4O)CCC32)c(O)c(C(C)(C)C)c1.Cc1cc(Cc2cc(C)cc(C(C)(C)C)c2O)c(O)c(C(C)(C)C)c1. The zero-order valence-corrected chi connectivity index (χ0v) is 93.6. The van der Waals surface area contributed by atoms with E-state index < -0.39 is 0 Å². The average molecular weight is 1890 g/mol. The van der Waals surface area contributed by atoms with Crippen LogP contribution in [0.3, 0.4) is 0 Å². The molecular formula is C126H189NO11. The highest BCUT2D eigenvalue weighted by atomic mass is 16.5. The minimum atomic E-state index is -0.154. The predicted molar refractivity (Wildman–Crippen MR) is 582 cm³/mol. The molecule has 0 aliphatic heterocycles. The molecule has 764 valence electrons. The summed E-state index contributed by atoms with van der Waals surface area (Å²) < 4.78 is 5.40. The lowest BCUT2D eigenvalue weighted by Gasteiger charge is -2.37. The van der Waals surface area contributed by atoms with Crippen molar-refractivity contribution in [2.24, 2.45) is 23.7 Å². The predicted octanol–water partition coefficient (Wildman–Crippen LogP) is 32.2. The van der Waals surface area contributed by atoms with Gasteiger partial charge in [-0.15, -0.1) is 0 Å². The minimum Gasteiger partial charge on any atom is -0.507 e. The van der Waals surface area contributed by atoms with E-state index in [0.29, 0.717) is 115 Å². The molecule has 138 heavy (non-hydrogen) atoms. The first-order valence-corrected chi connectivity index (χ1v) is 52.6. The number of carbonyl (C=O) groups excluding carboxylic acids is 2. The molecule has 0 heterocycles. The van der Waals surface area contributed by atoms with Gasteiger partial charge in [0.05, 0.1) is 6.61 Å². The number of nitrogens with one attached hydrogen (secondary N) is 1. The van der Waals surface area contributed by atoms with Crippen LogP contribution in [0.15, 0.2) is 97.1 Å². The standard InChI is InChI=1S/C32H44O2.C25H42O3.C25H36O2.C23H32O2.C21H35NO2/c1-17-11-24(29(33)26(13-17)31(3,4)5)21-10-9-20-19-15-22(23(16-19)28(20)21)25-12-18(2)14-27(30(25)34)32(6,7)8;1-8-9-10-11-12-13-16-28-22(26)15-14-19-17-20(24(2,3)4)23(27)21(18-19)25(5,6)7;1-9-16-11-18(22(26)20(13-16)24(3,4)5)15-19-12-17(10-2)14-21(23(19)27)25(6,7)8;1-14-9-16(20(24)18(11-14)22(3,4)5)13-17-10-15(2)12-19(21(17)25)23(6,7)8;1-8-9-12-22-18(23)11-10-15-13-16(20(2,3)4)19(24)17(14-15)21(5,6)7/h11-14,19-23,28,33-34H,9-10,15-16H2,1-8H3;17-18,27H,8-16H2,1-7H3;11-14,26-27H,9-10,15H2,1-8H3;9-12,24-25H,13H2,1-8H3;13-14,24H,8-12H2,1-7H3,(H,22,23). The van der Waals surface area contributed by atoms with Gasteiger partial charge in [0.15, 0.2) is 0 Å². The molecular weight excluding hydrogens is 1700 g/mol. The van der Waals surface area contributed by atoms with E-state index in [0.717, 1.165) is 157 Å². The van der Waals surface area contributed by atoms with Gasteiger partial charge in [-0.3, -0.25) is 9.59 Å². The summed E-state index contributed by atoms with van der Waals surface area (Å²) in [5, 5.41) is 90.9. The molecule has 3 aliphatic rings. The molecule has 0 radical (unpaired) electrons. The number of rotatable bonds is 24. The Balaban J connectivity index is 0.000000236. The number of hydrogen-bond donors (Lipinski definition) is 9. The highest BCUT2D eigenvalue weighted by Crippen LogP contribution is 2.69. The summed E-state index contributed by atoms with van der Waals surface area (Å²) in [6.45, 7) is 82.1. The van der Waals surface area contributed by atoms with Crippen molar-refractivity contribution in [2.75, 3.05) is 13.2 Å². The number of fused-ring (bicyclic) bond motifs is 5. The molecule has 0 saturated heterocycles. The molecule has 8 aromatic rings. The Morgan fingerprint density at radius 2 is 0.609 bits per heavy atom. The van der Waals surface area contributed by atoms with Crippen LogP contribution >= 0.6 is 0 Å². The van der Waals surface area contributed by atoms with E-state index in [1.165, 1.54) is 84.7 Å². The van der Waals surface area contributed by atoms with Crippen molar-refractivity contribution in [3.63, 3.8) is 0 Å². The van der Waals surface area contributed by atoms with Gasteiger partial charge in [0, 0.05) is 32.2 Å². The van der Waals surface area contributed by atoms with Crippen molar-refractivity contribution < 1.29 is 55.2 Å². The lowest BCUT2D eigenvalue weighted by atomic mass is 9.68. The van der Waals surface area contributed by atoms with Gasteiger partial charge in [0.2, 0.25) is 5.91 Å². The number of aryl methyl sites for hydroxylation is 8. The largest absolute Gasteiger partial charge is 0.507 e. The van der Waals surface area contributed by atoms with Crippen LogP contribution in [0, 0.1) is 51.4 Å². The molecule has 3 fully saturated rings. The first-order chi connectivity index (χ1) is 63.4. The number of phenolic OH excluding ortho intramolecular Hbond substituents is 8. The Morgan fingerprint density at radius 3 is 0.957 bits per heavy atom. The quantitative estimate of drug-likeness (QED) is 0.0205. The number of benzene rings is 8. The summed E-state index contributed by atoms with van der Waals surface area (Å²) in [6.07, 6.45) is 19.3. The van der Waals surface area contributed by atoms with Crippen LogP contribution in [0.4, 0.5) is 0 Å². The summed E-state index contributed by atoms with van der Waals surface area (Å²) in [7, 11) is 0. The van der Waals surface area contributed by atoms with Crippen LogP contribution in [0.1, 0.15) is 471 Å². The zero-order chi connectivity index (χ0) is 104. The van der Waals surface area contributed by atoms with Gasteiger partial charge in [-0.1, -0.05) is 393 Å². The fourth-order valence-corrected chi connectivity index (χ4v) is 21.1.